The molecule has 0 aliphatic heterocycles. The number of hydrogen-bond donors (Lipinski definition) is 2. The lowest BCUT2D eigenvalue weighted by Crippen LogP contribution is -2.22. The Morgan fingerprint density at radius 2 is 1.97 bits per heavy atom. The maximum atomic E-state index is 10.5. The molecule has 2 aromatic carbocycles. The van der Waals surface area contributed by atoms with Crippen LogP contribution in [0.15, 0.2) is 40.8 Å². The fraction of sp³-hybridized carbons (Fsp3) is 0.360. The van der Waals surface area contributed by atoms with E-state index >= 15 is 0 Å². The standard InChI is InChI=1S/C25H28N4O5/c1-4-17-14-20(32-12-6-5-11-27-25(30)31)8-9-21(17)24-29-28-23(34-24)18-7-10-22(33-16(2)3)19(13-18)15-26/h7-10,13-14,16,27H,4-6,11-12H2,1-3H3,(H,30,31). The minimum atomic E-state index is -1.02. The molecule has 1 aromatic heterocycles. The summed E-state index contributed by atoms with van der Waals surface area (Å²) < 4.78 is 17.4. The largest absolute Gasteiger partial charge is 0.494 e. The lowest BCUT2D eigenvalue weighted by Gasteiger charge is -2.11. The number of benzene rings is 2. The van der Waals surface area contributed by atoms with Gasteiger partial charge in [-0.2, -0.15) is 5.26 Å². The van der Waals surface area contributed by atoms with E-state index in [9.17, 15) is 10.1 Å². The second-order valence-electron chi connectivity index (χ2n) is 7.86. The van der Waals surface area contributed by atoms with Crippen LogP contribution in [0, 0.1) is 11.3 Å². The van der Waals surface area contributed by atoms with Crippen LogP contribution in [0.3, 0.4) is 0 Å². The third-order valence-corrected chi connectivity index (χ3v) is 4.94. The number of nitrogens with one attached hydrogen (secondary N) is 1. The van der Waals surface area contributed by atoms with Gasteiger partial charge in [-0.3, -0.25) is 0 Å². The van der Waals surface area contributed by atoms with Crippen molar-refractivity contribution in [3.8, 4) is 40.5 Å². The summed E-state index contributed by atoms with van der Waals surface area (Å²) in [4.78, 5) is 10.5. The molecule has 0 unspecified atom stereocenters. The number of unbranched alkanes of at least 4 members (excludes halogenated alkanes) is 1. The summed E-state index contributed by atoms with van der Waals surface area (Å²) in [5, 5.41) is 28.8. The Labute approximate surface area is 198 Å². The van der Waals surface area contributed by atoms with Crippen molar-refractivity contribution in [1.82, 2.24) is 15.5 Å². The molecule has 0 spiro atoms. The van der Waals surface area contributed by atoms with Crippen LogP contribution in [0.5, 0.6) is 11.5 Å². The quantitative estimate of drug-likeness (QED) is 0.377. The Balaban J connectivity index is 1.71. The highest BCUT2D eigenvalue weighted by Crippen LogP contribution is 2.31. The van der Waals surface area contributed by atoms with Crippen LogP contribution < -0.4 is 14.8 Å². The van der Waals surface area contributed by atoms with Gasteiger partial charge in [-0.1, -0.05) is 6.92 Å². The Hall–Kier alpha value is -4.06. The zero-order valence-corrected chi connectivity index (χ0v) is 19.5. The minimum absolute atomic E-state index is 0.0404. The molecule has 9 nitrogen and oxygen atoms in total. The first-order chi connectivity index (χ1) is 16.4. The van der Waals surface area contributed by atoms with Gasteiger partial charge in [-0.05, 0) is 75.1 Å². The van der Waals surface area contributed by atoms with Gasteiger partial charge >= 0.3 is 6.09 Å². The molecule has 178 valence electrons. The number of amides is 1. The summed E-state index contributed by atoms with van der Waals surface area (Å²) in [6, 6.07) is 13.0. The summed E-state index contributed by atoms with van der Waals surface area (Å²) >= 11 is 0. The average Bonchev–Trinajstić information content (AvgIpc) is 3.31. The molecule has 0 fully saturated rings. The molecule has 1 heterocycles. The zero-order chi connectivity index (χ0) is 24.5. The summed E-state index contributed by atoms with van der Waals surface area (Å²) in [7, 11) is 0. The number of aromatic nitrogens is 2. The van der Waals surface area contributed by atoms with Gasteiger partial charge in [0.05, 0.1) is 18.3 Å². The minimum Gasteiger partial charge on any atom is -0.494 e. The number of rotatable bonds is 11. The average molecular weight is 465 g/mol. The SMILES string of the molecule is CCc1cc(OCCCCNC(=O)O)ccc1-c1nnc(-c2ccc(OC(C)C)c(C#N)c2)o1. The van der Waals surface area contributed by atoms with Crippen molar-refractivity contribution in [3.05, 3.63) is 47.5 Å². The van der Waals surface area contributed by atoms with Crippen LogP contribution in [0.4, 0.5) is 4.79 Å². The molecule has 0 aliphatic carbocycles. The molecule has 3 rings (SSSR count). The van der Waals surface area contributed by atoms with Crippen LogP contribution in [0.2, 0.25) is 0 Å². The monoisotopic (exact) mass is 464 g/mol. The highest BCUT2D eigenvalue weighted by Gasteiger charge is 2.16. The predicted octanol–water partition coefficient (Wildman–Crippen LogP) is 5.05. The Kier molecular flexibility index (Phi) is 8.46. The van der Waals surface area contributed by atoms with Gasteiger partial charge in [0.25, 0.3) is 0 Å². The van der Waals surface area contributed by atoms with Crippen LogP contribution in [-0.2, 0) is 6.42 Å². The lowest BCUT2D eigenvalue weighted by molar-refractivity contribution is 0.194. The first-order valence-corrected chi connectivity index (χ1v) is 11.2. The molecular formula is C25H28N4O5. The van der Waals surface area contributed by atoms with Gasteiger partial charge in [0.2, 0.25) is 11.8 Å². The molecule has 9 heteroatoms. The molecule has 34 heavy (non-hydrogen) atoms. The second kappa shape index (κ2) is 11.7. The molecule has 0 bridgehead atoms. The van der Waals surface area contributed by atoms with Gasteiger partial charge in [-0.15, -0.1) is 10.2 Å². The van der Waals surface area contributed by atoms with Crippen molar-refractivity contribution in [2.24, 2.45) is 0 Å². The highest BCUT2D eigenvalue weighted by atomic mass is 16.5. The van der Waals surface area contributed by atoms with E-state index in [1.165, 1.54) is 0 Å². The molecule has 0 aliphatic rings. The first-order valence-electron chi connectivity index (χ1n) is 11.2. The fourth-order valence-electron chi connectivity index (χ4n) is 3.33. The molecular weight excluding hydrogens is 436 g/mol. The van der Waals surface area contributed by atoms with Gasteiger partial charge in [0, 0.05) is 17.7 Å². The molecule has 2 N–H and O–H groups in total. The van der Waals surface area contributed by atoms with Crippen molar-refractivity contribution in [3.63, 3.8) is 0 Å². The van der Waals surface area contributed by atoms with Crippen molar-refractivity contribution in [2.45, 2.75) is 46.1 Å². The topological polar surface area (TPSA) is 130 Å². The summed E-state index contributed by atoms with van der Waals surface area (Å²) in [6.07, 6.45) is 1.13. The van der Waals surface area contributed by atoms with Crippen LogP contribution in [0.25, 0.3) is 22.9 Å². The van der Waals surface area contributed by atoms with E-state index in [2.05, 4.69) is 21.6 Å². The number of carbonyl (C=O) groups is 1. The van der Waals surface area contributed by atoms with Crippen molar-refractivity contribution in [1.29, 1.82) is 5.26 Å². The van der Waals surface area contributed by atoms with E-state index in [1.807, 2.05) is 39.0 Å². The van der Waals surface area contributed by atoms with Crippen LogP contribution in [0.1, 0.15) is 44.7 Å². The number of ether oxygens (including phenoxy) is 2. The smallest absolute Gasteiger partial charge is 0.404 e. The van der Waals surface area contributed by atoms with Crippen molar-refractivity contribution >= 4 is 6.09 Å². The molecule has 3 aromatic rings. The van der Waals surface area contributed by atoms with Gasteiger partial charge in [-0.25, -0.2) is 4.79 Å². The van der Waals surface area contributed by atoms with E-state index in [4.69, 9.17) is 19.0 Å². The predicted molar refractivity (Wildman–Crippen MR) is 126 cm³/mol. The Morgan fingerprint density at radius 1 is 1.18 bits per heavy atom. The number of carboxylic acid groups (broad SMARTS) is 1. The maximum Gasteiger partial charge on any atom is 0.404 e. The van der Waals surface area contributed by atoms with Crippen LogP contribution >= 0.6 is 0 Å². The van der Waals surface area contributed by atoms with Gasteiger partial charge < -0.3 is 24.3 Å². The Morgan fingerprint density at radius 3 is 2.68 bits per heavy atom. The lowest BCUT2D eigenvalue weighted by atomic mass is 10.0. The summed E-state index contributed by atoms with van der Waals surface area (Å²) in [5.41, 5.74) is 2.86. The zero-order valence-electron chi connectivity index (χ0n) is 19.5. The maximum absolute atomic E-state index is 10.5. The van der Waals surface area contributed by atoms with E-state index in [0.29, 0.717) is 48.2 Å². The van der Waals surface area contributed by atoms with Crippen molar-refractivity contribution in [2.75, 3.05) is 13.2 Å². The molecule has 0 radical (unpaired) electrons. The summed E-state index contributed by atoms with van der Waals surface area (Å²) in [5.74, 6) is 1.95. The second-order valence-corrected chi connectivity index (χ2v) is 7.86. The third kappa shape index (κ3) is 6.48. The van der Waals surface area contributed by atoms with Gasteiger partial charge in [0.1, 0.15) is 17.6 Å². The van der Waals surface area contributed by atoms with Gasteiger partial charge in [0.15, 0.2) is 0 Å². The summed E-state index contributed by atoms with van der Waals surface area (Å²) in [6.45, 7) is 6.74. The first kappa shape index (κ1) is 24.6. The highest BCUT2D eigenvalue weighted by molar-refractivity contribution is 5.65. The molecule has 1 amide bonds. The van der Waals surface area contributed by atoms with Crippen LogP contribution in [-0.4, -0.2) is 40.7 Å². The fourth-order valence-corrected chi connectivity index (χ4v) is 3.33. The molecule has 0 saturated heterocycles. The van der Waals surface area contributed by atoms with Crippen molar-refractivity contribution < 1.29 is 23.8 Å². The van der Waals surface area contributed by atoms with E-state index in [1.54, 1.807) is 18.2 Å². The Bertz CT molecular complexity index is 1170. The third-order valence-electron chi connectivity index (χ3n) is 4.94. The number of nitriles is 1. The molecule has 0 atom stereocenters. The number of hydrogen-bond acceptors (Lipinski definition) is 7. The number of aryl methyl sites for hydroxylation is 1. The van der Waals surface area contributed by atoms with E-state index in [-0.39, 0.29) is 6.10 Å². The number of nitrogens with zero attached hydrogens (tertiary/aromatic N) is 3. The normalized spacial score (nSPS) is 10.7. The van der Waals surface area contributed by atoms with E-state index in [0.717, 1.165) is 29.7 Å². The molecule has 0 saturated carbocycles. The van der Waals surface area contributed by atoms with E-state index < -0.39 is 6.09 Å².